The minimum absolute atomic E-state index is 0.265. The van der Waals surface area contributed by atoms with Crippen molar-refractivity contribution in [3.05, 3.63) is 48.7 Å². The Balaban J connectivity index is 1.97. The topological polar surface area (TPSA) is 113 Å². The third-order valence-electron chi connectivity index (χ3n) is 3.55. The second-order valence-electron chi connectivity index (χ2n) is 5.31. The quantitative estimate of drug-likeness (QED) is 0.685. The summed E-state index contributed by atoms with van der Waals surface area (Å²) >= 11 is 0. The van der Waals surface area contributed by atoms with Crippen molar-refractivity contribution in [3.8, 4) is 23.0 Å². The van der Waals surface area contributed by atoms with Gasteiger partial charge in [-0.1, -0.05) is 0 Å². The molecule has 8 nitrogen and oxygen atoms in total. The van der Waals surface area contributed by atoms with Crippen molar-refractivity contribution in [2.45, 2.75) is 0 Å². The number of fused-ring (bicyclic) bond motifs is 1. The molecule has 1 heterocycles. The number of aromatic nitrogens is 1. The standard InChI is InChI=1S/C17H17N3O5S/c1-23-12-4-5-13-14(10-12)19-8-7-15(13)25-16-6-3-11(9-17(16)24-2)20-26(18,21)22/h3-10,20H,1-2H3,(H2,18,21,22). The van der Waals surface area contributed by atoms with Gasteiger partial charge >= 0.3 is 0 Å². The number of rotatable bonds is 6. The third kappa shape index (κ3) is 3.95. The Morgan fingerprint density at radius 2 is 1.77 bits per heavy atom. The van der Waals surface area contributed by atoms with Crippen LogP contribution in [0.5, 0.6) is 23.0 Å². The number of pyridine rings is 1. The summed E-state index contributed by atoms with van der Waals surface area (Å²) in [5, 5.41) is 5.77. The van der Waals surface area contributed by atoms with E-state index in [2.05, 4.69) is 9.71 Å². The van der Waals surface area contributed by atoms with Crippen LogP contribution in [0, 0.1) is 0 Å². The molecule has 0 spiro atoms. The van der Waals surface area contributed by atoms with Crippen molar-refractivity contribution in [2.24, 2.45) is 5.14 Å². The zero-order valence-electron chi connectivity index (χ0n) is 14.1. The van der Waals surface area contributed by atoms with Gasteiger partial charge in [0.15, 0.2) is 11.5 Å². The Hall–Kier alpha value is -3.04. The normalized spacial score (nSPS) is 11.2. The Morgan fingerprint density at radius 1 is 0.962 bits per heavy atom. The molecule has 0 unspecified atom stereocenters. The average Bonchev–Trinajstić information content (AvgIpc) is 2.61. The highest BCUT2D eigenvalue weighted by atomic mass is 32.2. The van der Waals surface area contributed by atoms with Gasteiger partial charge in [0, 0.05) is 23.7 Å². The van der Waals surface area contributed by atoms with Crippen molar-refractivity contribution in [2.75, 3.05) is 18.9 Å². The molecule has 0 saturated heterocycles. The summed E-state index contributed by atoms with van der Waals surface area (Å²) in [5.41, 5.74) is 0.981. The zero-order chi connectivity index (χ0) is 18.7. The summed E-state index contributed by atoms with van der Waals surface area (Å²) in [5.74, 6) is 2.02. The second-order valence-corrected chi connectivity index (χ2v) is 6.60. The predicted octanol–water partition coefficient (Wildman–Crippen LogP) is 2.66. The molecule has 26 heavy (non-hydrogen) atoms. The fraction of sp³-hybridized carbons (Fsp3) is 0.118. The number of nitrogens with one attached hydrogen (secondary N) is 1. The molecule has 136 valence electrons. The van der Waals surface area contributed by atoms with Crippen LogP contribution in [-0.4, -0.2) is 27.6 Å². The van der Waals surface area contributed by atoms with Gasteiger partial charge in [0.2, 0.25) is 0 Å². The number of hydrogen-bond acceptors (Lipinski definition) is 6. The molecule has 3 aromatic rings. The fourth-order valence-corrected chi connectivity index (χ4v) is 2.87. The van der Waals surface area contributed by atoms with Gasteiger partial charge in [0.25, 0.3) is 10.2 Å². The van der Waals surface area contributed by atoms with Crippen LogP contribution < -0.4 is 24.1 Å². The molecule has 2 aromatic carbocycles. The van der Waals surface area contributed by atoms with E-state index >= 15 is 0 Å². The van der Waals surface area contributed by atoms with E-state index in [1.165, 1.54) is 19.2 Å². The third-order valence-corrected chi connectivity index (χ3v) is 4.07. The maximum absolute atomic E-state index is 11.2. The highest BCUT2D eigenvalue weighted by molar-refractivity contribution is 7.90. The Labute approximate surface area is 150 Å². The Kier molecular flexibility index (Phi) is 4.83. The minimum atomic E-state index is -3.88. The summed E-state index contributed by atoms with van der Waals surface area (Å²) in [6, 6.07) is 11.8. The first-order valence-electron chi connectivity index (χ1n) is 7.49. The summed E-state index contributed by atoms with van der Waals surface area (Å²) < 4.78 is 40.9. The molecule has 1 aromatic heterocycles. The molecule has 0 atom stereocenters. The van der Waals surface area contributed by atoms with E-state index in [0.717, 1.165) is 5.39 Å². The van der Waals surface area contributed by atoms with Gasteiger partial charge in [-0.25, -0.2) is 5.14 Å². The van der Waals surface area contributed by atoms with Gasteiger partial charge in [-0.3, -0.25) is 9.71 Å². The summed E-state index contributed by atoms with van der Waals surface area (Å²) in [6.45, 7) is 0. The maximum atomic E-state index is 11.2. The molecule has 0 amide bonds. The van der Waals surface area contributed by atoms with E-state index < -0.39 is 10.2 Å². The Bertz CT molecular complexity index is 1050. The van der Waals surface area contributed by atoms with E-state index in [1.54, 1.807) is 31.5 Å². The lowest BCUT2D eigenvalue weighted by molar-refractivity contribution is 0.380. The molecular weight excluding hydrogens is 358 g/mol. The lowest BCUT2D eigenvalue weighted by atomic mass is 10.2. The number of anilines is 1. The molecule has 0 aliphatic heterocycles. The van der Waals surface area contributed by atoms with E-state index in [0.29, 0.717) is 28.5 Å². The molecule has 0 saturated carbocycles. The van der Waals surface area contributed by atoms with Gasteiger partial charge in [-0.05, 0) is 30.3 Å². The van der Waals surface area contributed by atoms with Crippen LogP contribution in [0.3, 0.4) is 0 Å². The number of nitrogens with two attached hydrogens (primary N) is 1. The van der Waals surface area contributed by atoms with Crippen LogP contribution in [0.25, 0.3) is 10.9 Å². The van der Waals surface area contributed by atoms with E-state index in [4.69, 9.17) is 19.3 Å². The van der Waals surface area contributed by atoms with Crippen LogP contribution in [-0.2, 0) is 10.2 Å². The van der Waals surface area contributed by atoms with E-state index in [9.17, 15) is 8.42 Å². The second kappa shape index (κ2) is 7.06. The molecule has 3 N–H and O–H groups in total. The number of hydrogen-bond donors (Lipinski definition) is 2. The van der Waals surface area contributed by atoms with Gasteiger partial charge < -0.3 is 14.2 Å². The first kappa shape index (κ1) is 17.8. The summed E-state index contributed by atoms with van der Waals surface area (Å²) in [7, 11) is -0.832. The van der Waals surface area contributed by atoms with Crippen molar-refractivity contribution < 1.29 is 22.6 Å². The zero-order valence-corrected chi connectivity index (χ0v) is 14.9. The lowest BCUT2D eigenvalue weighted by Gasteiger charge is -2.14. The predicted molar refractivity (Wildman–Crippen MR) is 98.1 cm³/mol. The average molecular weight is 375 g/mol. The van der Waals surface area contributed by atoms with E-state index in [-0.39, 0.29) is 5.69 Å². The van der Waals surface area contributed by atoms with Gasteiger partial charge in [0.1, 0.15) is 11.5 Å². The van der Waals surface area contributed by atoms with Crippen molar-refractivity contribution in [3.63, 3.8) is 0 Å². The number of benzene rings is 2. The van der Waals surface area contributed by atoms with Gasteiger partial charge in [0.05, 0.1) is 25.4 Å². The molecule has 0 radical (unpaired) electrons. The molecule has 0 aliphatic rings. The highest BCUT2D eigenvalue weighted by Crippen LogP contribution is 2.37. The first-order chi connectivity index (χ1) is 12.4. The maximum Gasteiger partial charge on any atom is 0.296 e. The monoisotopic (exact) mass is 375 g/mol. The minimum Gasteiger partial charge on any atom is -0.497 e. The molecule has 9 heteroatoms. The van der Waals surface area contributed by atoms with Crippen molar-refractivity contribution in [1.82, 2.24) is 4.98 Å². The smallest absolute Gasteiger partial charge is 0.296 e. The highest BCUT2D eigenvalue weighted by Gasteiger charge is 2.12. The number of ether oxygens (including phenoxy) is 3. The van der Waals surface area contributed by atoms with Crippen LogP contribution in [0.4, 0.5) is 5.69 Å². The molecular formula is C17H17N3O5S. The molecule has 0 bridgehead atoms. The van der Waals surface area contributed by atoms with E-state index in [1.807, 2.05) is 12.1 Å². The van der Waals surface area contributed by atoms with Gasteiger partial charge in [-0.15, -0.1) is 0 Å². The summed E-state index contributed by atoms with van der Waals surface area (Å²) in [6.07, 6.45) is 1.63. The van der Waals surface area contributed by atoms with Crippen LogP contribution >= 0.6 is 0 Å². The van der Waals surface area contributed by atoms with Crippen LogP contribution in [0.2, 0.25) is 0 Å². The molecule has 0 aliphatic carbocycles. The SMILES string of the molecule is COc1ccc2c(Oc3ccc(NS(N)(=O)=O)cc3OC)ccnc2c1. The number of methoxy groups -OCH3 is 2. The van der Waals surface area contributed by atoms with Crippen molar-refractivity contribution in [1.29, 1.82) is 0 Å². The summed E-state index contributed by atoms with van der Waals surface area (Å²) in [4.78, 5) is 4.31. The Morgan fingerprint density at radius 3 is 2.46 bits per heavy atom. The largest absolute Gasteiger partial charge is 0.497 e. The van der Waals surface area contributed by atoms with Crippen molar-refractivity contribution >= 4 is 26.8 Å². The lowest BCUT2D eigenvalue weighted by Crippen LogP contribution is -2.21. The first-order valence-corrected chi connectivity index (χ1v) is 9.03. The number of nitrogens with zero attached hydrogens (tertiary/aromatic N) is 1. The van der Waals surface area contributed by atoms with Gasteiger partial charge in [-0.2, -0.15) is 8.42 Å². The van der Waals surface area contributed by atoms with Crippen LogP contribution in [0.15, 0.2) is 48.7 Å². The molecule has 3 rings (SSSR count). The van der Waals surface area contributed by atoms with Crippen LogP contribution in [0.1, 0.15) is 0 Å². The molecule has 0 fully saturated rings. The fourth-order valence-electron chi connectivity index (χ4n) is 2.42.